The molecule has 0 amide bonds. The number of nitrogens with zero attached hydrogens (tertiary/aromatic N) is 1. The number of halogens is 2. The number of nitriles is 1. The minimum atomic E-state index is -0.0413. The monoisotopic (exact) mass is 284 g/mol. The van der Waals surface area contributed by atoms with Crippen LogP contribution in [-0.2, 0) is 6.42 Å². The van der Waals surface area contributed by atoms with Crippen molar-refractivity contribution < 1.29 is 4.74 Å². The second-order valence-electron chi connectivity index (χ2n) is 4.28. The SMILES string of the molecule is N#Cc1cc2c(c(Cl)c1OCCCl)CCCC2N. The highest BCUT2D eigenvalue weighted by molar-refractivity contribution is 6.33. The number of benzene rings is 1. The van der Waals surface area contributed by atoms with Crippen LogP contribution in [0.1, 0.15) is 35.6 Å². The second-order valence-corrected chi connectivity index (χ2v) is 5.04. The van der Waals surface area contributed by atoms with Gasteiger partial charge in [0.05, 0.1) is 16.5 Å². The molecular formula is C13H14Cl2N2O. The molecule has 1 aromatic carbocycles. The molecule has 0 spiro atoms. The van der Waals surface area contributed by atoms with Crippen LogP contribution < -0.4 is 10.5 Å². The third kappa shape index (κ3) is 2.42. The van der Waals surface area contributed by atoms with E-state index in [0.717, 1.165) is 30.4 Å². The van der Waals surface area contributed by atoms with Gasteiger partial charge in [0, 0.05) is 6.04 Å². The largest absolute Gasteiger partial charge is 0.489 e. The third-order valence-electron chi connectivity index (χ3n) is 3.14. The van der Waals surface area contributed by atoms with Crippen molar-refractivity contribution in [2.75, 3.05) is 12.5 Å². The molecule has 2 rings (SSSR count). The first-order valence-corrected chi connectivity index (χ1v) is 6.80. The first-order chi connectivity index (χ1) is 8.69. The van der Waals surface area contributed by atoms with Crippen LogP contribution in [0.25, 0.3) is 0 Å². The second kappa shape index (κ2) is 5.79. The van der Waals surface area contributed by atoms with Crippen LogP contribution in [-0.4, -0.2) is 12.5 Å². The van der Waals surface area contributed by atoms with Gasteiger partial charge < -0.3 is 10.5 Å². The summed E-state index contributed by atoms with van der Waals surface area (Å²) in [7, 11) is 0. The molecule has 1 unspecified atom stereocenters. The normalized spacial score (nSPS) is 18.0. The number of nitrogens with two attached hydrogens (primary N) is 1. The summed E-state index contributed by atoms with van der Waals surface area (Å²) in [5.41, 5.74) is 8.48. The first-order valence-electron chi connectivity index (χ1n) is 5.88. The zero-order valence-corrected chi connectivity index (χ0v) is 11.4. The minimum absolute atomic E-state index is 0.0413. The molecule has 1 atom stereocenters. The molecule has 0 saturated carbocycles. The number of rotatable bonds is 3. The molecule has 0 radical (unpaired) electrons. The van der Waals surface area contributed by atoms with Crippen molar-refractivity contribution >= 4 is 23.2 Å². The molecule has 96 valence electrons. The molecule has 0 saturated heterocycles. The highest BCUT2D eigenvalue weighted by Gasteiger charge is 2.24. The Balaban J connectivity index is 2.51. The van der Waals surface area contributed by atoms with Gasteiger partial charge in [-0.05, 0) is 36.5 Å². The van der Waals surface area contributed by atoms with Gasteiger partial charge in [-0.3, -0.25) is 0 Å². The Labute approximate surface area is 116 Å². The van der Waals surface area contributed by atoms with Crippen LogP contribution in [0.15, 0.2) is 6.07 Å². The molecule has 3 nitrogen and oxygen atoms in total. The summed E-state index contributed by atoms with van der Waals surface area (Å²) in [6.45, 7) is 0.334. The molecule has 5 heteroatoms. The summed E-state index contributed by atoms with van der Waals surface area (Å²) < 4.78 is 5.48. The van der Waals surface area contributed by atoms with Gasteiger partial charge in [-0.25, -0.2) is 0 Å². The number of hydrogen-bond acceptors (Lipinski definition) is 3. The molecule has 0 aliphatic heterocycles. The van der Waals surface area contributed by atoms with E-state index in [9.17, 15) is 0 Å². The molecule has 2 N–H and O–H groups in total. The van der Waals surface area contributed by atoms with Crippen molar-refractivity contribution in [3.8, 4) is 11.8 Å². The molecule has 0 aromatic heterocycles. The summed E-state index contributed by atoms with van der Waals surface area (Å²) in [5.74, 6) is 0.797. The summed E-state index contributed by atoms with van der Waals surface area (Å²) in [6, 6.07) is 3.87. The van der Waals surface area contributed by atoms with Crippen molar-refractivity contribution in [2.45, 2.75) is 25.3 Å². The summed E-state index contributed by atoms with van der Waals surface area (Å²) in [6.07, 6.45) is 2.82. The Kier molecular flexibility index (Phi) is 4.34. The van der Waals surface area contributed by atoms with Crippen LogP contribution in [0.4, 0.5) is 0 Å². The number of hydrogen-bond donors (Lipinski definition) is 1. The first kappa shape index (κ1) is 13.5. The van der Waals surface area contributed by atoms with E-state index in [-0.39, 0.29) is 6.04 Å². The highest BCUT2D eigenvalue weighted by atomic mass is 35.5. The van der Waals surface area contributed by atoms with Crippen molar-refractivity contribution in [1.82, 2.24) is 0 Å². The van der Waals surface area contributed by atoms with E-state index in [4.69, 9.17) is 38.9 Å². The fraction of sp³-hybridized carbons (Fsp3) is 0.462. The van der Waals surface area contributed by atoms with Crippen LogP contribution in [0.2, 0.25) is 5.02 Å². The maximum atomic E-state index is 9.17. The fourth-order valence-corrected chi connectivity index (χ4v) is 2.73. The Morgan fingerprint density at radius 2 is 2.33 bits per heavy atom. The van der Waals surface area contributed by atoms with Crippen molar-refractivity contribution in [1.29, 1.82) is 5.26 Å². The lowest BCUT2D eigenvalue weighted by Crippen LogP contribution is -2.18. The molecule has 1 aromatic rings. The van der Waals surface area contributed by atoms with Crippen LogP contribution in [0.3, 0.4) is 0 Å². The van der Waals surface area contributed by atoms with Gasteiger partial charge in [-0.15, -0.1) is 11.6 Å². The topological polar surface area (TPSA) is 59.0 Å². The molecule has 1 aliphatic rings. The Hall–Kier alpha value is -0.950. The Morgan fingerprint density at radius 3 is 3.00 bits per heavy atom. The number of ether oxygens (including phenoxy) is 1. The number of alkyl halides is 1. The fourth-order valence-electron chi connectivity index (χ4n) is 2.29. The molecule has 0 heterocycles. The maximum Gasteiger partial charge on any atom is 0.155 e. The minimum Gasteiger partial charge on any atom is -0.489 e. The van der Waals surface area contributed by atoms with E-state index < -0.39 is 0 Å². The van der Waals surface area contributed by atoms with E-state index >= 15 is 0 Å². The highest BCUT2D eigenvalue weighted by Crippen LogP contribution is 2.40. The Bertz CT molecular complexity index is 497. The summed E-state index contributed by atoms with van der Waals surface area (Å²) >= 11 is 11.9. The summed E-state index contributed by atoms with van der Waals surface area (Å²) in [5, 5.41) is 9.69. The molecule has 0 bridgehead atoms. The van der Waals surface area contributed by atoms with Gasteiger partial charge in [-0.1, -0.05) is 11.6 Å². The van der Waals surface area contributed by atoms with Crippen LogP contribution >= 0.6 is 23.2 Å². The predicted molar refractivity (Wildman–Crippen MR) is 72.2 cm³/mol. The standard InChI is InChI=1S/C13H14Cl2N2O/c14-4-5-18-13-8(7-16)6-10-9(12(13)15)2-1-3-11(10)17/h6,11H,1-5,17H2. The average Bonchev–Trinajstić information content (AvgIpc) is 2.38. The van der Waals surface area contributed by atoms with E-state index in [1.807, 2.05) is 0 Å². The van der Waals surface area contributed by atoms with Crippen molar-refractivity contribution in [2.24, 2.45) is 5.73 Å². The van der Waals surface area contributed by atoms with E-state index in [1.54, 1.807) is 6.07 Å². The van der Waals surface area contributed by atoms with Gasteiger partial charge >= 0.3 is 0 Å². The molecule has 0 fully saturated rings. The van der Waals surface area contributed by atoms with Gasteiger partial charge in [0.25, 0.3) is 0 Å². The maximum absolute atomic E-state index is 9.17. The molecule has 18 heavy (non-hydrogen) atoms. The zero-order valence-electron chi connectivity index (χ0n) is 9.88. The third-order valence-corrected chi connectivity index (χ3v) is 3.70. The van der Waals surface area contributed by atoms with Gasteiger partial charge in [0.2, 0.25) is 0 Å². The lowest BCUT2D eigenvalue weighted by atomic mass is 9.86. The van der Waals surface area contributed by atoms with Gasteiger partial charge in [0.1, 0.15) is 12.7 Å². The zero-order chi connectivity index (χ0) is 13.1. The van der Waals surface area contributed by atoms with E-state index in [2.05, 4.69) is 6.07 Å². The molecular weight excluding hydrogens is 271 g/mol. The quantitative estimate of drug-likeness (QED) is 0.868. The van der Waals surface area contributed by atoms with Crippen molar-refractivity contribution in [3.05, 3.63) is 27.8 Å². The van der Waals surface area contributed by atoms with Crippen LogP contribution in [0.5, 0.6) is 5.75 Å². The smallest absolute Gasteiger partial charge is 0.155 e. The van der Waals surface area contributed by atoms with Gasteiger partial charge in [0.15, 0.2) is 5.75 Å². The van der Waals surface area contributed by atoms with E-state index in [1.165, 1.54) is 0 Å². The molecule has 1 aliphatic carbocycles. The summed E-state index contributed by atoms with van der Waals surface area (Å²) in [4.78, 5) is 0. The number of fused-ring (bicyclic) bond motifs is 1. The average molecular weight is 285 g/mol. The Morgan fingerprint density at radius 1 is 1.56 bits per heavy atom. The van der Waals surface area contributed by atoms with Gasteiger partial charge in [-0.2, -0.15) is 5.26 Å². The predicted octanol–water partition coefficient (Wildman–Crippen LogP) is 3.17. The van der Waals surface area contributed by atoms with Crippen molar-refractivity contribution in [3.63, 3.8) is 0 Å². The van der Waals surface area contributed by atoms with E-state index in [0.29, 0.717) is 28.8 Å². The lowest BCUT2D eigenvalue weighted by molar-refractivity contribution is 0.341. The van der Waals surface area contributed by atoms with Crippen LogP contribution in [0, 0.1) is 11.3 Å². The lowest BCUT2D eigenvalue weighted by Gasteiger charge is -2.25.